The minimum absolute atomic E-state index is 0.0170. The lowest BCUT2D eigenvalue weighted by Crippen LogP contribution is -2.01. The number of halogens is 1. The van der Waals surface area contributed by atoms with Crippen molar-refractivity contribution in [1.29, 1.82) is 0 Å². The van der Waals surface area contributed by atoms with Crippen LogP contribution in [0.5, 0.6) is 5.75 Å². The van der Waals surface area contributed by atoms with Crippen LogP contribution < -0.4 is 4.74 Å². The van der Waals surface area contributed by atoms with Crippen LogP contribution in [0, 0.1) is 13.8 Å². The van der Waals surface area contributed by atoms with E-state index < -0.39 is 0 Å². The highest BCUT2D eigenvalue weighted by Crippen LogP contribution is 2.27. The average molecular weight is 277 g/mol. The molecule has 0 aliphatic rings. The number of hydrogen-bond donors (Lipinski definition) is 1. The molecular formula is C16H17ClO2. The van der Waals surface area contributed by atoms with Gasteiger partial charge in [-0.15, -0.1) is 0 Å². The van der Waals surface area contributed by atoms with Gasteiger partial charge in [-0.25, -0.2) is 0 Å². The standard InChI is InChI=1S/C16H17ClO2/c1-11-4-3-5-12(2)14(11)10-19-16-7-6-13(9-18)8-15(16)17/h3-8,18H,9-10H2,1-2H3. The second-order valence-corrected chi connectivity index (χ2v) is 4.99. The van der Waals surface area contributed by atoms with Crippen LogP contribution in [0.15, 0.2) is 36.4 Å². The number of aryl methyl sites for hydroxylation is 2. The molecule has 0 radical (unpaired) electrons. The van der Waals surface area contributed by atoms with Gasteiger partial charge in [0.15, 0.2) is 0 Å². The van der Waals surface area contributed by atoms with E-state index in [1.54, 1.807) is 12.1 Å². The first kappa shape index (κ1) is 13.9. The summed E-state index contributed by atoms with van der Waals surface area (Å²) in [5.41, 5.74) is 4.39. The summed E-state index contributed by atoms with van der Waals surface area (Å²) < 4.78 is 5.77. The Morgan fingerprint density at radius 3 is 2.37 bits per heavy atom. The maximum Gasteiger partial charge on any atom is 0.138 e. The summed E-state index contributed by atoms with van der Waals surface area (Å²) >= 11 is 6.12. The van der Waals surface area contributed by atoms with Crippen LogP contribution >= 0.6 is 11.6 Å². The Balaban J connectivity index is 2.15. The number of ether oxygens (including phenoxy) is 1. The Bertz CT molecular complexity index is 559. The zero-order valence-electron chi connectivity index (χ0n) is 11.1. The van der Waals surface area contributed by atoms with E-state index in [-0.39, 0.29) is 6.61 Å². The molecule has 2 nitrogen and oxygen atoms in total. The van der Waals surface area contributed by atoms with Crippen molar-refractivity contribution in [2.24, 2.45) is 0 Å². The van der Waals surface area contributed by atoms with E-state index in [9.17, 15) is 0 Å². The zero-order valence-corrected chi connectivity index (χ0v) is 11.9. The molecule has 0 spiro atoms. The van der Waals surface area contributed by atoms with E-state index in [4.69, 9.17) is 21.4 Å². The summed E-state index contributed by atoms with van der Waals surface area (Å²) in [5, 5.41) is 9.56. The number of rotatable bonds is 4. The summed E-state index contributed by atoms with van der Waals surface area (Å²) in [6.07, 6.45) is 0. The lowest BCUT2D eigenvalue weighted by atomic mass is 10.0. The van der Waals surface area contributed by atoms with Crippen LogP contribution in [0.25, 0.3) is 0 Å². The second-order valence-electron chi connectivity index (χ2n) is 4.58. The highest BCUT2D eigenvalue weighted by molar-refractivity contribution is 6.32. The smallest absolute Gasteiger partial charge is 0.138 e. The predicted octanol–water partition coefficient (Wildman–Crippen LogP) is 4.03. The van der Waals surface area contributed by atoms with Gasteiger partial charge in [0.1, 0.15) is 12.4 Å². The number of aliphatic hydroxyl groups excluding tert-OH is 1. The SMILES string of the molecule is Cc1cccc(C)c1COc1ccc(CO)cc1Cl. The predicted molar refractivity (Wildman–Crippen MR) is 77.6 cm³/mol. The van der Waals surface area contributed by atoms with Crippen molar-refractivity contribution in [2.75, 3.05) is 0 Å². The molecule has 0 heterocycles. The highest BCUT2D eigenvalue weighted by atomic mass is 35.5. The van der Waals surface area contributed by atoms with Gasteiger partial charge in [0, 0.05) is 0 Å². The van der Waals surface area contributed by atoms with Crippen molar-refractivity contribution >= 4 is 11.6 Å². The summed E-state index contributed by atoms with van der Waals surface area (Å²) in [5.74, 6) is 0.640. The largest absolute Gasteiger partial charge is 0.487 e. The van der Waals surface area contributed by atoms with E-state index in [2.05, 4.69) is 26.0 Å². The Morgan fingerprint density at radius 1 is 1.11 bits per heavy atom. The summed E-state index contributed by atoms with van der Waals surface area (Å²) in [7, 11) is 0. The van der Waals surface area contributed by atoms with E-state index >= 15 is 0 Å². The first-order valence-electron chi connectivity index (χ1n) is 6.19. The van der Waals surface area contributed by atoms with Crippen LogP contribution in [0.3, 0.4) is 0 Å². The molecule has 0 atom stereocenters. The molecule has 0 saturated heterocycles. The average Bonchev–Trinajstić information content (AvgIpc) is 2.39. The van der Waals surface area contributed by atoms with Gasteiger partial charge in [0.05, 0.1) is 11.6 Å². The normalized spacial score (nSPS) is 10.5. The van der Waals surface area contributed by atoms with Crippen molar-refractivity contribution in [1.82, 2.24) is 0 Å². The topological polar surface area (TPSA) is 29.5 Å². The lowest BCUT2D eigenvalue weighted by molar-refractivity contribution is 0.280. The third-order valence-electron chi connectivity index (χ3n) is 3.20. The molecule has 0 saturated carbocycles. The molecule has 2 aromatic rings. The van der Waals surface area contributed by atoms with Crippen LogP contribution in [-0.4, -0.2) is 5.11 Å². The minimum Gasteiger partial charge on any atom is -0.487 e. The minimum atomic E-state index is -0.0170. The van der Waals surface area contributed by atoms with Gasteiger partial charge in [-0.2, -0.15) is 0 Å². The van der Waals surface area contributed by atoms with Gasteiger partial charge in [-0.05, 0) is 48.2 Å². The fraction of sp³-hybridized carbons (Fsp3) is 0.250. The Morgan fingerprint density at radius 2 is 1.79 bits per heavy atom. The molecule has 100 valence electrons. The Labute approximate surface area is 118 Å². The highest BCUT2D eigenvalue weighted by Gasteiger charge is 2.06. The Kier molecular flexibility index (Phi) is 4.46. The van der Waals surface area contributed by atoms with Gasteiger partial charge in [0.25, 0.3) is 0 Å². The van der Waals surface area contributed by atoms with E-state index in [0.29, 0.717) is 17.4 Å². The van der Waals surface area contributed by atoms with E-state index in [1.165, 1.54) is 16.7 Å². The van der Waals surface area contributed by atoms with E-state index in [1.807, 2.05) is 12.1 Å². The van der Waals surface area contributed by atoms with E-state index in [0.717, 1.165) is 5.56 Å². The van der Waals surface area contributed by atoms with Crippen molar-refractivity contribution in [3.63, 3.8) is 0 Å². The molecule has 0 unspecified atom stereocenters. The maximum absolute atomic E-state index is 9.03. The molecule has 2 aromatic carbocycles. The first-order valence-corrected chi connectivity index (χ1v) is 6.57. The van der Waals surface area contributed by atoms with Gasteiger partial charge in [-0.3, -0.25) is 0 Å². The molecule has 0 aromatic heterocycles. The molecule has 3 heteroatoms. The van der Waals surface area contributed by atoms with Crippen LogP contribution in [0.4, 0.5) is 0 Å². The van der Waals surface area contributed by atoms with Crippen LogP contribution in [0.1, 0.15) is 22.3 Å². The summed E-state index contributed by atoms with van der Waals surface area (Å²) in [6, 6.07) is 11.5. The summed E-state index contributed by atoms with van der Waals surface area (Å²) in [4.78, 5) is 0. The first-order chi connectivity index (χ1) is 9.11. The fourth-order valence-corrected chi connectivity index (χ4v) is 2.24. The molecule has 19 heavy (non-hydrogen) atoms. The zero-order chi connectivity index (χ0) is 13.8. The van der Waals surface area contributed by atoms with Gasteiger partial charge in [-0.1, -0.05) is 35.9 Å². The maximum atomic E-state index is 9.03. The molecule has 0 aliphatic carbocycles. The van der Waals surface area contributed by atoms with Crippen LogP contribution in [-0.2, 0) is 13.2 Å². The van der Waals surface area contributed by atoms with Gasteiger partial charge >= 0.3 is 0 Å². The number of benzene rings is 2. The quantitative estimate of drug-likeness (QED) is 0.914. The Hall–Kier alpha value is -1.51. The molecule has 0 amide bonds. The molecule has 0 aliphatic heterocycles. The lowest BCUT2D eigenvalue weighted by Gasteiger charge is -2.12. The van der Waals surface area contributed by atoms with Crippen LogP contribution in [0.2, 0.25) is 5.02 Å². The third-order valence-corrected chi connectivity index (χ3v) is 3.49. The second kappa shape index (κ2) is 6.09. The number of aliphatic hydroxyl groups is 1. The third kappa shape index (κ3) is 3.28. The number of hydrogen-bond acceptors (Lipinski definition) is 2. The summed E-state index contributed by atoms with van der Waals surface area (Å²) in [6.45, 7) is 4.62. The molecule has 1 N–H and O–H groups in total. The van der Waals surface area contributed by atoms with Crippen molar-refractivity contribution in [2.45, 2.75) is 27.1 Å². The molecule has 2 rings (SSSR count). The van der Waals surface area contributed by atoms with Gasteiger partial charge in [0.2, 0.25) is 0 Å². The molecule has 0 bridgehead atoms. The van der Waals surface area contributed by atoms with Crippen molar-refractivity contribution in [3.05, 3.63) is 63.7 Å². The van der Waals surface area contributed by atoms with Gasteiger partial charge < -0.3 is 9.84 Å². The molecule has 0 fully saturated rings. The van der Waals surface area contributed by atoms with Crippen molar-refractivity contribution in [3.8, 4) is 5.75 Å². The fourth-order valence-electron chi connectivity index (χ4n) is 1.99. The molecular weight excluding hydrogens is 260 g/mol. The monoisotopic (exact) mass is 276 g/mol. The van der Waals surface area contributed by atoms with Crippen molar-refractivity contribution < 1.29 is 9.84 Å².